The molecule has 0 aromatic carbocycles. The summed E-state index contributed by atoms with van der Waals surface area (Å²) in [5.41, 5.74) is 2.11. The number of rotatable bonds is 5. The molecule has 2 aliphatic rings. The monoisotopic (exact) mass is 424 g/mol. The van der Waals surface area contributed by atoms with Crippen molar-refractivity contribution in [2.75, 3.05) is 0 Å². The molecule has 0 amide bonds. The SMILES string of the molecule is CC1=CCC(C(C)C)C2CC(C=O)C/C=C\CC(OC(=O)C=Cc3cn(C)cn3)CC12. The lowest BCUT2D eigenvalue weighted by Crippen LogP contribution is -2.36. The first kappa shape index (κ1) is 23.2. The van der Waals surface area contributed by atoms with Crippen LogP contribution in [0.2, 0.25) is 0 Å². The summed E-state index contributed by atoms with van der Waals surface area (Å²) in [5, 5.41) is 0. The molecule has 5 nitrogen and oxygen atoms in total. The molecule has 0 aliphatic heterocycles. The largest absolute Gasteiger partial charge is 0.459 e. The van der Waals surface area contributed by atoms with E-state index < -0.39 is 0 Å². The number of esters is 1. The smallest absolute Gasteiger partial charge is 0.331 e. The Hall–Kier alpha value is -2.43. The molecular formula is C26H36N2O3. The van der Waals surface area contributed by atoms with Crippen molar-refractivity contribution in [1.29, 1.82) is 0 Å². The van der Waals surface area contributed by atoms with Gasteiger partial charge in [-0.2, -0.15) is 0 Å². The van der Waals surface area contributed by atoms with Crippen LogP contribution >= 0.6 is 0 Å². The fourth-order valence-electron chi connectivity index (χ4n) is 5.18. The van der Waals surface area contributed by atoms with E-state index in [0.29, 0.717) is 30.1 Å². The van der Waals surface area contributed by atoms with E-state index in [1.54, 1.807) is 12.4 Å². The number of allylic oxidation sites excluding steroid dienone is 3. The molecule has 5 heteroatoms. The second-order valence-corrected chi connectivity index (χ2v) is 9.53. The van der Waals surface area contributed by atoms with E-state index in [0.717, 1.165) is 37.7 Å². The molecule has 2 aliphatic carbocycles. The zero-order chi connectivity index (χ0) is 22.4. The van der Waals surface area contributed by atoms with Crippen molar-refractivity contribution >= 4 is 18.3 Å². The Morgan fingerprint density at radius 2 is 2.00 bits per heavy atom. The number of hydrogen-bond acceptors (Lipinski definition) is 4. The first-order valence-corrected chi connectivity index (χ1v) is 11.5. The van der Waals surface area contributed by atoms with Gasteiger partial charge in [0.25, 0.3) is 0 Å². The van der Waals surface area contributed by atoms with Crippen molar-refractivity contribution in [3.05, 3.63) is 48.1 Å². The van der Waals surface area contributed by atoms with Crippen LogP contribution in [-0.2, 0) is 21.4 Å². The van der Waals surface area contributed by atoms with Crippen LogP contribution in [-0.4, -0.2) is 27.9 Å². The van der Waals surface area contributed by atoms with Crippen LogP contribution in [0.5, 0.6) is 0 Å². The average Bonchev–Trinajstić information content (AvgIpc) is 3.15. The van der Waals surface area contributed by atoms with Crippen molar-refractivity contribution in [3.63, 3.8) is 0 Å². The summed E-state index contributed by atoms with van der Waals surface area (Å²) in [4.78, 5) is 28.5. The zero-order valence-electron chi connectivity index (χ0n) is 19.2. The zero-order valence-corrected chi connectivity index (χ0v) is 19.2. The fraction of sp³-hybridized carbons (Fsp3) is 0.577. The van der Waals surface area contributed by atoms with Crippen LogP contribution in [0.25, 0.3) is 6.08 Å². The minimum atomic E-state index is -0.332. The van der Waals surface area contributed by atoms with Crippen LogP contribution in [0, 0.1) is 29.6 Å². The Bertz CT molecular complexity index is 849. The van der Waals surface area contributed by atoms with E-state index in [-0.39, 0.29) is 18.0 Å². The van der Waals surface area contributed by atoms with Gasteiger partial charge in [-0.25, -0.2) is 9.78 Å². The van der Waals surface area contributed by atoms with Gasteiger partial charge in [-0.05, 0) is 62.4 Å². The van der Waals surface area contributed by atoms with Gasteiger partial charge >= 0.3 is 5.97 Å². The average molecular weight is 425 g/mol. The number of imidazole rings is 1. The number of aryl methyl sites for hydroxylation is 1. The summed E-state index contributed by atoms with van der Waals surface area (Å²) < 4.78 is 7.73. The third-order valence-electron chi connectivity index (χ3n) is 6.91. The third-order valence-corrected chi connectivity index (χ3v) is 6.91. The number of carbonyl (C=O) groups is 2. The van der Waals surface area contributed by atoms with Gasteiger partial charge in [0.15, 0.2) is 0 Å². The highest BCUT2D eigenvalue weighted by molar-refractivity contribution is 5.86. The van der Waals surface area contributed by atoms with Crippen LogP contribution in [0.4, 0.5) is 0 Å². The first-order chi connectivity index (χ1) is 14.9. The van der Waals surface area contributed by atoms with Crippen LogP contribution < -0.4 is 0 Å². The Morgan fingerprint density at radius 1 is 1.23 bits per heavy atom. The minimum absolute atomic E-state index is 0.0660. The number of fused-ring (bicyclic) bond motifs is 1. The molecule has 1 heterocycles. The maximum absolute atomic E-state index is 12.5. The standard InChI is InChI=1S/C26H36N2O3/c1-18(2)23-11-9-19(3)24-14-22(8-6-5-7-20(16-29)13-25(23)24)31-26(30)12-10-21-15-28(4)17-27-21/h5-6,9-10,12,15-18,20,22-25H,7-8,11,13-14H2,1-4H3/b6-5-,12-10?. The molecule has 5 atom stereocenters. The van der Waals surface area contributed by atoms with Gasteiger partial charge in [0, 0.05) is 31.7 Å². The second kappa shape index (κ2) is 10.7. The molecule has 0 bridgehead atoms. The Morgan fingerprint density at radius 3 is 2.68 bits per heavy atom. The molecule has 31 heavy (non-hydrogen) atoms. The van der Waals surface area contributed by atoms with Gasteiger partial charge in [-0.15, -0.1) is 0 Å². The quantitative estimate of drug-likeness (QED) is 0.284. The van der Waals surface area contributed by atoms with Gasteiger partial charge in [0.1, 0.15) is 12.4 Å². The Kier molecular flexibility index (Phi) is 8.05. The highest BCUT2D eigenvalue weighted by Crippen LogP contribution is 2.45. The van der Waals surface area contributed by atoms with E-state index >= 15 is 0 Å². The van der Waals surface area contributed by atoms with Gasteiger partial charge in [-0.1, -0.05) is 37.6 Å². The lowest BCUT2D eigenvalue weighted by atomic mass is 9.63. The molecular weight excluding hydrogens is 388 g/mol. The van der Waals surface area contributed by atoms with Crippen molar-refractivity contribution in [3.8, 4) is 0 Å². The molecule has 5 unspecified atom stereocenters. The summed E-state index contributed by atoms with van der Waals surface area (Å²) in [6, 6.07) is 0. The Balaban J connectivity index is 1.78. The van der Waals surface area contributed by atoms with Gasteiger partial charge < -0.3 is 14.1 Å². The Labute approximate surface area is 186 Å². The van der Waals surface area contributed by atoms with E-state index in [1.807, 2.05) is 17.8 Å². The predicted molar refractivity (Wildman–Crippen MR) is 123 cm³/mol. The second-order valence-electron chi connectivity index (χ2n) is 9.53. The summed E-state index contributed by atoms with van der Waals surface area (Å²) >= 11 is 0. The van der Waals surface area contributed by atoms with Gasteiger partial charge in [0.2, 0.25) is 0 Å². The van der Waals surface area contributed by atoms with Gasteiger partial charge in [-0.3, -0.25) is 0 Å². The molecule has 0 spiro atoms. The van der Waals surface area contributed by atoms with E-state index in [9.17, 15) is 9.59 Å². The number of ether oxygens (including phenoxy) is 1. The summed E-state index contributed by atoms with van der Waals surface area (Å²) in [5.74, 6) is 1.63. The van der Waals surface area contributed by atoms with Crippen LogP contribution in [0.1, 0.15) is 58.6 Å². The highest BCUT2D eigenvalue weighted by Gasteiger charge is 2.38. The van der Waals surface area contributed by atoms with Crippen LogP contribution in [0.15, 0.2) is 42.4 Å². The normalized spacial score (nSPS) is 30.5. The molecule has 0 saturated heterocycles. The van der Waals surface area contributed by atoms with Crippen molar-refractivity contribution in [2.45, 2.75) is 59.0 Å². The molecule has 0 fully saturated rings. The van der Waals surface area contributed by atoms with E-state index in [4.69, 9.17) is 4.74 Å². The fourth-order valence-corrected chi connectivity index (χ4v) is 5.18. The number of hydrogen-bond donors (Lipinski definition) is 0. The molecule has 0 N–H and O–H groups in total. The van der Waals surface area contributed by atoms with E-state index in [2.05, 4.69) is 44.0 Å². The van der Waals surface area contributed by atoms with Crippen molar-refractivity contribution < 1.29 is 14.3 Å². The van der Waals surface area contributed by atoms with Gasteiger partial charge in [0.05, 0.1) is 12.0 Å². The van der Waals surface area contributed by atoms with Crippen molar-refractivity contribution in [2.24, 2.45) is 36.6 Å². The number of nitrogens with zero attached hydrogens (tertiary/aromatic N) is 2. The summed E-state index contributed by atoms with van der Waals surface area (Å²) in [7, 11) is 1.89. The molecule has 3 rings (SSSR count). The molecule has 168 valence electrons. The number of aromatic nitrogens is 2. The number of aldehydes is 1. The number of carbonyl (C=O) groups excluding carboxylic acids is 2. The van der Waals surface area contributed by atoms with Crippen LogP contribution in [0.3, 0.4) is 0 Å². The summed E-state index contributed by atoms with van der Waals surface area (Å²) in [6.07, 6.45) is 18.4. The first-order valence-electron chi connectivity index (χ1n) is 11.5. The predicted octanol–water partition coefficient (Wildman–Crippen LogP) is 5.15. The van der Waals surface area contributed by atoms with Crippen molar-refractivity contribution in [1.82, 2.24) is 9.55 Å². The lowest BCUT2D eigenvalue weighted by Gasteiger charge is -2.42. The summed E-state index contributed by atoms with van der Waals surface area (Å²) in [6.45, 7) is 6.77. The van der Waals surface area contributed by atoms with E-state index in [1.165, 1.54) is 11.6 Å². The molecule has 1 aromatic heterocycles. The maximum Gasteiger partial charge on any atom is 0.331 e. The third kappa shape index (κ3) is 6.28. The minimum Gasteiger partial charge on any atom is -0.459 e. The molecule has 0 radical (unpaired) electrons. The lowest BCUT2D eigenvalue weighted by molar-refractivity contribution is -0.143. The molecule has 0 saturated carbocycles. The maximum atomic E-state index is 12.5. The highest BCUT2D eigenvalue weighted by atomic mass is 16.5. The topological polar surface area (TPSA) is 61.2 Å². The molecule has 1 aromatic rings.